The van der Waals surface area contributed by atoms with Gasteiger partial charge in [0.2, 0.25) is 23.0 Å². The highest BCUT2D eigenvalue weighted by molar-refractivity contribution is 6.26. The monoisotopic (exact) mass is 349 g/mol. The van der Waals surface area contributed by atoms with Crippen LogP contribution in [0.3, 0.4) is 0 Å². The van der Waals surface area contributed by atoms with Crippen molar-refractivity contribution >= 4 is 11.6 Å². The van der Waals surface area contributed by atoms with Crippen LogP contribution in [0.25, 0.3) is 0 Å². The van der Waals surface area contributed by atoms with Crippen molar-refractivity contribution < 1.29 is 18.6 Å². The summed E-state index contributed by atoms with van der Waals surface area (Å²) in [5.41, 5.74) is 1.95. The van der Waals surface area contributed by atoms with Crippen LogP contribution in [0.2, 0.25) is 0 Å². The van der Waals surface area contributed by atoms with Gasteiger partial charge in [-0.05, 0) is 18.6 Å². The fourth-order valence-electron chi connectivity index (χ4n) is 3.66. The highest BCUT2D eigenvalue weighted by Crippen LogP contribution is 2.27. The molecule has 0 amide bonds. The number of aromatic nitrogens is 2. The molecule has 0 N–H and O–H groups in total. The first kappa shape index (κ1) is 16.5. The van der Waals surface area contributed by atoms with Crippen molar-refractivity contribution in [3.8, 4) is 0 Å². The van der Waals surface area contributed by atoms with Gasteiger partial charge in [-0.25, -0.2) is 9.13 Å². The fourth-order valence-corrected chi connectivity index (χ4v) is 3.66. The summed E-state index contributed by atoms with van der Waals surface area (Å²) in [6, 6.07) is 10.8. The minimum absolute atomic E-state index is 0.0763. The molecule has 0 saturated carbocycles. The first-order valence-corrected chi connectivity index (χ1v) is 8.97. The van der Waals surface area contributed by atoms with Gasteiger partial charge in [0.25, 0.3) is 5.82 Å². The van der Waals surface area contributed by atoms with Gasteiger partial charge in [-0.3, -0.25) is 9.59 Å². The number of hydrogen-bond donors (Lipinski definition) is 0. The first-order valence-electron chi connectivity index (χ1n) is 8.97. The van der Waals surface area contributed by atoms with Crippen LogP contribution in [0.4, 0.5) is 0 Å². The lowest BCUT2D eigenvalue weighted by Crippen LogP contribution is -2.43. The number of ketones is 2. The molecule has 0 saturated heterocycles. The molecule has 26 heavy (non-hydrogen) atoms. The molecule has 0 spiro atoms. The second-order valence-electron chi connectivity index (χ2n) is 6.62. The molecule has 0 bridgehead atoms. The molecule has 2 heterocycles. The minimum atomic E-state index is -0.0971. The van der Waals surface area contributed by atoms with Crippen molar-refractivity contribution in [2.24, 2.45) is 0 Å². The predicted molar refractivity (Wildman–Crippen MR) is 95.4 cm³/mol. The van der Waals surface area contributed by atoms with Crippen molar-refractivity contribution in [1.29, 1.82) is 0 Å². The van der Waals surface area contributed by atoms with Crippen molar-refractivity contribution in [2.75, 3.05) is 0 Å². The summed E-state index contributed by atoms with van der Waals surface area (Å²) in [5, 5.41) is 0. The highest BCUT2D eigenvalue weighted by Gasteiger charge is 2.42. The van der Waals surface area contributed by atoms with Gasteiger partial charge in [-0.1, -0.05) is 37.6 Å². The van der Waals surface area contributed by atoms with Gasteiger partial charge in [-0.2, -0.15) is 0 Å². The topological polar surface area (TPSA) is 56.1 Å². The number of nitrogens with zero attached hydrogens (tertiary/aromatic N) is 2. The third-order valence-electron chi connectivity index (χ3n) is 5.02. The maximum atomic E-state index is 13.2. The molecule has 5 nitrogen and oxygen atoms in total. The van der Waals surface area contributed by atoms with Gasteiger partial charge < -0.3 is 4.42 Å². The summed E-state index contributed by atoms with van der Waals surface area (Å²) >= 11 is 0. The van der Waals surface area contributed by atoms with E-state index in [1.807, 2.05) is 28.2 Å². The summed E-state index contributed by atoms with van der Waals surface area (Å²) in [6.45, 7) is 5.23. The fraction of sp³-hybridized carbons (Fsp3) is 0.286. The molecule has 1 aliphatic carbocycles. The Balaban J connectivity index is 1.93. The number of fused-ring (bicyclic) bond motifs is 2. The number of carbonyl (C=O) groups excluding carboxylic acids is 2. The molecule has 0 radical (unpaired) electrons. The van der Waals surface area contributed by atoms with Crippen molar-refractivity contribution in [2.45, 2.75) is 39.8 Å². The van der Waals surface area contributed by atoms with Crippen LogP contribution in [0.15, 0.2) is 47.1 Å². The van der Waals surface area contributed by atoms with E-state index in [0.717, 1.165) is 31.0 Å². The number of benzene rings is 1. The van der Waals surface area contributed by atoms with Gasteiger partial charge in [0.15, 0.2) is 0 Å². The van der Waals surface area contributed by atoms with E-state index >= 15 is 0 Å². The van der Waals surface area contributed by atoms with Crippen LogP contribution in [0, 0.1) is 6.92 Å². The van der Waals surface area contributed by atoms with Gasteiger partial charge in [0.05, 0.1) is 12.8 Å². The van der Waals surface area contributed by atoms with Crippen LogP contribution in [-0.2, 0) is 13.1 Å². The SMILES string of the molecule is CCCCn1c2c([n+](Cc3ccco3)c1C)C(=O)c1ccccc1C2=O. The number of unbranched alkanes of at least 4 members (excludes halogenated alkanes) is 1. The molecule has 3 aromatic rings. The molecule has 5 heteroatoms. The molecular weight excluding hydrogens is 328 g/mol. The standard InChI is InChI=1S/C21H21N2O3/c1-3-4-11-22-14(2)23(13-15-8-7-12-26-15)19-18(22)20(24)16-9-5-6-10-17(16)21(19)25/h5-10,12H,3-4,11,13H2,1-2H3/q+1. The number of carbonyl (C=O) groups is 2. The zero-order valence-corrected chi connectivity index (χ0v) is 15.0. The lowest BCUT2D eigenvalue weighted by molar-refractivity contribution is -0.697. The van der Waals surface area contributed by atoms with Gasteiger partial charge in [0.1, 0.15) is 12.3 Å². The Hall–Kier alpha value is -2.95. The average molecular weight is 349 g/mol. The quantitative estimate of drug-likeness (QED) is 0.520. The summed E-state index contributed by atoms with van der Waals surface area (Å²) in [7, 11) is 0. The van der Waals surface area contributed by atoms with Crippen molar-refractivity contribution in [1.82, 2.24) is 4.57 Å². The maximum Gasteiger partial charge on any atom is 0.254 e. The molecule has 2 aromatic heterocycles. The Morgan fingerprint density at radius 1 is 1.04 bits per heavy atom. The molecular formula is C21H21N2O3+. The van der Waals surface area contributed by atoms with Gasteiger partial charge in [0, 0.05) is 18.1 Å². The largest absolute Gasteiger partial charge is 0.465 e. The van der Waals surface area contributed by atoms with Gasteiger partial charge >= 0.3 is 0 Å². The number of hydrogen-bond acceptors (Lipinski definition) is 3. The minimum Gasteiger partial charge on any atom is -0.465 e. The Labute approximate surface area is 151 Å². The third-order valence-corrected chi connectivity index (χ3v) is 5.02. The van der Waals surface area contributed by atoms with E-state index in [-0.39, 0.29) is 11.6 Å². The summed E-state index contributed by atoms with van der Waals surface area (Å²) in [4.78, 5) is 26.4. The number of imidazole rings is 1. The molecule has 1 aliphatic rings. The number of rotatable bonds is 5. The normalized spacial score (nSPS) is 13.0. The Morgan fingerprint density at radius 3 is 2.42 bits per heavy atom. The zero-order valence-electron chi connectivity index (χ0n) is 15.0. The molecule has 4 rings (SSSR count). The molecule has 0 atom stereocenters. The van der Waals surface area contributed by atoms with Crippen LogP contribution in [0.5, 0.6) is 0 Å². The number of furan rings is 1. The smallest absolute Gasteiger partial charge is 0.254 e. The van der Waals surface area contributed by atoms with E-state index in [9.17, 15) is 9.59 Å². The lowest BCUT2D eigenvalue weighted by Gasteiger charge is -2.12. The second-order valence-corrected chi connectivity index (χ2v) is 6.62. The summed E-state index contributed by atoms with van der Waals surface area (Å²) in [6.07, 6.45) is 3.59. The van der Waals surface area contributed by atoms with E-state index in [2.05, 4.69) is 6.92 Å². The van der Waals surface area contributed by atoms with Crippen LogP contribution in [0.1, 0.15) is 63.5 Å². The molecule has 0 fully saturated rings. The van der Waals surface area contributed by atoms with Gasteiger partial charge in [-0.15, -0.1) is 0 Å². The average Bonchev–Trinajstić information content (AvgIpc) is 3.26. The second kappa shape index (κ2) is 6.41. The highest BCUT2D eigenvalue weighted by atomic mass is 16.3. The zero-order chi connectivity index (χ0) is 18.3. The van der Waals surface area contributed by atoms with Crippen molar-refractivity contribution in [3.05, 3.63) is 76.8 Å². The Kier molecular flexibility index (Phi) is 4.07. The van der Waals surface area contributed by atoms with Crippen molar-refractivity contribution in [3.63, 3.8) is 0 Å². The summed E-state index contributed by atoms with van der Waals surface area (Å²) in [5.74, 6) is 1.48. The van der Waals surface area contributed by atoms with E-state index in [0.29, 0.717) is 29.1 Å². The maximum absolute atomic E-state index is 13.2. The van der Waals surface area contributed by atoms with E-state index in [1.54, 1.807) is 30.5 Å². The first-order chi connectivity index (χ1) is 12.6. The summed E-state index contributed by atoms with van der Waals surface area (Å²) < 4.78 is 9.39. The molecule has 0 unspecified atom stereocenters. The van der Waals surface area contributed by atoms with E-state index < -0.39 is 0 Å². The van der Waals surface area contributed by atoms with Crippen LogP contribution >= 0.6 is 0 Å². The van der Waals surface area contributed by atoms with Crippen LogP contribution < -0.4 is 4.57 Å². The Morgan fingerprint density at radius 2 is 1.77 bits per heavy atom. The third kappa shape index (κ3) is 2.43. The van der Waals surface area contributed by atoms with E-state index in [4.69, 9.17) is 4.42 Å². The van der Waals surface area contributed by atoms with E-state index in [1.165, 1.54) is 0 Å². The molecule has 0 aliphatic heterocycles. The Bertz CT molecular complexity index is 997. The lowest BCUT2D eigenvalue weighted by atomic mass is 9.90. The van der Waals surface area contributed by atoms with Crippen LogP contribution in [-0.4, -0.2) is 16.1 Å². The molecule has 1 aromatic carbocycles. The molecule has 132 valence electrons. The predicted octanol–water partition coefficient (Wildman–Crippen LogP) is 3.30.